The van der Waals surface area contributed by atoms with Crippen LogP contribution in [-0.4, -0.2) is 4.34 Å². The Balaban J connectivity index is 2.86. The molecule has 0 saturated heterocycles. The Morgan fingerprint density at radius 2 is 2.00 bits per heavy atom. The molecule has 0 aliphatic rings. The summed E-state index contributed by atoms with van der Waals surface area (Å²) in [6.07, 6.45) is 1.80. The Bertz CT molecular complexity index is 394. The van der Waals surface area contributed by atoms with Gasteiger partial charge in [-0.1, -0.05) is 18.2 Å². The molecule has 0 saturated carbocycles. The van der Waals surface area contributed by atoms with Crippen LogP contribution in [0.25, 0.3) is 10.9 Å². The minimum atomic E-state index is 0.0233. The predicted octanol–water partition coefficient (Wildman–Crippen LogP) is 2.70. The number of hydrogen-bond acceptors (Lipinski definition) is 1. The van der Waals surface area contributed by atoms with Crippen LogP contribution in [0.3, 0.4) is 0 Å². The zero-order chi connectivity index (χ0) is 7.68. The van der Waals surface area contributed by atoms with Crippen LogP contribution >= 0.6 is 8.61 Å². The molecule has 3 heteroatoms. The van der Waals surface area contributed by atoms with Gasteiger partial charge in [0.1, 0.15) is 0 Å². The third kappa shape index (κ3) is 0.958. The van der Waals surface area contributed by atoms with Crippen molar-refractivity contribution in [1.82, 2.24) is 4.34 Å². The van der Waals surface area contributed by atoms with Crippen LogP contribution in [0.4, 0.5) is 0 Å². The van der Waals surface area contributed by atoms with Gasteiger partial charge in [0.25, 0.3) is 8.61 Å². The minimum absolute atomic E-state index is 0.0233. The number of para-hydroxylation sites is 1. The molecule has 11 heavy (non-hydrogen) atoms. The molecule has 0 radical (unpaired) electrons. The quantitative estimate of drug-likeness (QED) is 0.592. The summed E-state index contributed by atoms with van der Waals surface area (Å²) in [6.45, 7) is 0. The zero-order valence-electron chi connectivity index (χ0n) is 5.77. The second-order valence-corrected chi connectivity index (χ2v) is 2.90. The monoisotopic (exact) mass is 163 g/mol. The lowest BCUT2D eigenvalue weighted by molar-refractivity contribution is 0.595. The lowest BCUT2D eigenvalue weighted by Crippen LogP contribution is -1.73. The van der Waals surface area contributed by atoms with Crippen molar-refractivity contribution >= 4 is 19.5 Å². The van der Waals surface area contributed by atoms with Crippen molar-refractivity contribution in [3.05, 3.63) is 36.5 Å². The Morgan fingerprint density at radius 3 is 2.82 bits per heavy atom. The van der Waals surface area contributed by atoms with Gasteiger partial charge in [-0.3, -0.25) is 4.34 Å². The Morgan fingerprint density at radius 1 is 1.18 bits per heavy atom. The second kappa shape index (κ2) is 2.48. The van der Waals surface area contributed by atoms with Gasteiger partial charge < -0.3 is 0 Å². The molecule has 0 fully saturated rings. The van der Waals surface area contributed by atoms with Crippen molar-refractivity contribution in [3.8, 4) is 0 Å². The molecule has 0 aliphatic carbocycles. The molecule has 54 valence electrons. The summed E-state index contributed by atoms with van der Waals surface area (Å²) in [6, 6.07) is 9.79. The molecule has 0 unspecified atom stereocenters. The molecule has 0 amide bonds. The highest BCUT2D eigenvalue weighted by Crippen LogP contribution is 2.18. The maximum atomic E-state index is 10.5. The number of benzene rings is 1. The van der Waals surface area contributed by atoms with E-state index in [-0.39, 0.29) is 8.61 Å². The van der Waals surface area contributed by atoms with E-state index in [1.807, 2.05) is 30.3 Å². The van der Waals surface area contributed by atoms with E-state index >= 15 is 0 Å². The molecular weight excluding hydrogens is 157 g/mol. The van der Waals surface area contributed by atoms with Gasteiger partial charge >= 0.3 is 0 Å². The Hall–Kier alpha value is -1.14. The zero-order valence-corrected chi connectivity index (χ0v) is 6.66. The van der Waals surface area contributed by atoms with Crippen LogP contribution in [0, 0.1) is 0 Å². The fourth-order valence-corrected chi connectivity index (χ4v) is 1.53. The highest BCUT2D eigenvalue weighted by molar-refractivity contribution is 7.22. The van der Waals surface area contributed by atoms with E-state index in [0.29, 0.717) is 0 Å². The summed E-state index contributed by atoms with van der Waals surface area (Å²) in [4.78, 5) is 0. The maximum Gasteiger partial charge on any atom is 0.286 e. The van der Waals surface area contributed by atoms with Crippen molar-refractivity contribution in [3.63, 3.8) is 0 Å². The van der Waals surface area contributed by atoms with E-state index in [1.165, 1.54) is 0 Å². The van der Waals surface area contributed by atoms with E-state index in [0.717, 1.165) is 10.9 Å². The van der Waals surface area contributed by atoms with Gasteiger partial charge in [0.15, 0.2) is 0 Å². The number of rotatable bonds is 1. The van der Waals surface area contributed by atoms with Gasteiger partial charge in [-0.15, -0.1) is 0 Å². The average molecular weight is 163 g/mol. The molecule has 0 aliphatic heterocycles. The van der Waals surface area contributed by atoms with Crippen molar-refractivity contribution in [2.75, 3.05) is 0 Å². The van der Waals surface area contributed by atoms with Crippen molar-refractivity contribution < 1.29 is 4.57 Å². The third-order valence-electron chi connectivity index (χ3n) is 1.67. The van der Waals surface area contributed by atoms with E-state index in [1.54, 1.807) is 10.5 Å². The first-order valence-corrected chi connectivity index (χ1v) is 4.08. The fraction of sp³-hybridized carbons (Fsp3) is 0. The molecule has 2 aromatic rings. The van der Waals surface area contributed by atoms with Crippen LogP contribution in [0.15, 0.2) is 36.5 Å². The molecule has 1 aromatic carbocycles. The van der Waals surface area contributed by atoms with Crippen molar-refractivity contribution in [2.24, 2.45) is 0 Å². The van der Waals surface area contributed by atoms with E-state index < -0.39 is 0 Å². The smallest absolute Gasteiger partial charge is 0.266 e. The third-order valence-corrected chi connectivity index (χ3v) is 2.19. The Kier molecular flexibility index (Phi) is 1.48. The second-order valence-electron chi connectivity index (χ2n) is 2.30. The molecule has 0 spiro atoms. The molecule has 1 heterocycles. The molecule has 2 rings (SSSR count). The molecule has 1 aromatic heterocycles. The number of aromatic nitrogens is 1. The first-order valence-electron chi connectivity index (χ1n) is 3.31. The van der Waals surface area contributed by atoms with E-state index in [2.05, 4.69) is 0 Å². The first kappa shape index (κ1) is 6.56. The standard InChI is InChI=1S/C8H6NOP/c10-11-9-6-5-7-3-1-2-4-8(7)9/h1-6H. The summed E-state index contributed by atoms with van der Waals surface area (Å²) in [5.74, 6) is 0. The minimum Gasteiger partial charge on any atom is -0.266 e. The van der Waals surface area contributed by atoms with Gasteiger partial charge in [0.2, 0.25) is 0 Å². The van der Waals surface area contributed by atoms with Crippen LogP contribution in [0.5, 0.6) is 0 Å². The highest BCUT2D eigenvalue weighted by atomic mass is 31.1. The van der Waals surface area contributed by atoms with Crippen LogP contribution < -0.4 is 0 Å². The summed E-state index contributed by atoms with van der Waals surface area (Å²) >= 11 is 0. The summed E-state index contributed by atoms with van der Waals surface area (Å²) < 4.78 is 12.2. The van der Waals surface area contributed by atoms with Crippen molar-refractivity contribution in [2.45, 2.75) is 0 Å². The summed E-state index contributed by atoms with van der Waals surface area (Å²) in [7, 11) is 0.0233. The normalized spacial score (nSPS) is 10.9. The summed E-state index contributed by atoms with van der Waals surface area (Å²) in [5, 5.41) is 1.12. The largest absolute Gasteiger partial charge is 0.286 e. The van der Waals surface area contributed by atoms with Crippen LogP contribution in [-0.2, 0) is 4.57 Å². The molecule has 0 atom stereocenters. The lowest BCUT2D eigenvalue weighted by atomic mass is 10.3. The van der Waals surface area contributed by atoms with E-state index in [4.69, 9.17) is 0 Å². The van der Waals surface area contributed by atoms with Gasteiger partial charge in [-0.25, -0.2) is 4.57 Å². The first-order chi connectivity index (χ1) is 5.42. The van der Waals surface area contributed by atoms with Crippen molar-refractivity contribution in [1.29, 1.82) is 0 Å². The molecule has 2 nitrogen and oxygen atoms in total. The topological polar surface area (TPSA) is 22.0 Å². The molecule has 0 bridgehead atoms. The number of fused-ring (bicyclic) bond motifs is 1. The lowest BCUT2D eigenvalue weighted by Gasteiger charge is -1.89. The SMILES string of the molecule is O=Pn1ccc2ccccc21. The van der Waals surface area contributed by atoms with Gasteiger partial charge in [-0.2, -0.15) is 0 Å². The van der Waals surface area contributed by atoms with Gasteiger partial charge in [-0.05, 0) is 12.1 Å². The number of nitrogens with zero attached hydrogens (tertiary/aromatic N) is 1. The molecule has 0 N–H and O–H groups in total. The number of hydrogen-bond donors (Lipinski definition) is 0. The predicted molar refractivity (Wildman–Crippen MR) is 44.9 cm³/mol. The Labute approximate surface area is 65.7 Å². The fourth-order valence-electron chi connectivity index (χ4n) is 1.14. The summed E-state index contributed by atoms with van der Waals surface area (Å²) in [5.41, 5.74) is 1.00. The molecular formula is C8H6NOP. The average Bonchev–Trinajstić information content (AvgIpc) is 2.47. The maximum absolute atomic E-state index is 10.5. The highest BCUT2D eigenvalue weighted by Gasteiger charge is 1.96. The van der Waals surface area contributed by atoms with Gasteiger partial charge in [0, 0.05) is 11.6 Å². The van der Waals surface area contributed by atoms with Crippen LogP contribution in [0.2, 0.25) is 0 Å². The van der Waals surface area contributed by atoms with E-state index in [9.17, 15) is 4.57 Å². The van der Waals surface area contributed by atoms with Gasteiger partial charge in [0.05, 0.1) is 5.52 Å². The van der Waals surface area contributed by atoms with Crippen LogP contribution in [0.1, 0.15) is 0 Å².